The minimum absolute atomic E-state index is 0. The average molecular weight is 469 g/mol. The Hall–Kier alpha value is -2.52. The summed E-state index contributed by atoms with van der Waals surface area (Å²) in [4.78, 5) is 27.1. The van der Waals surface area contributed by atoms with E-state index in [1.165, 1.54) is 16.0 Å². The molecule has 0 aliphatic carbocycles. The van der Waals surface area contributed by atoms with Crippen LogP contribution in [-0.4, -0.2) is 51.5 Å². The summed E-state index contributed by atoms with van der Waals surface area (Å²) >= 11 is 1.75. The lowest BCUT2D eigenvalue weighted by Crippen LogP contribution is -2.49. The number of aromatic nitrogens is 4. The molecule has 9 heteroatoms. The van der Waals surface area contributed by atoms with Crippen molar-refractivity contribution >= 4 is 42.7 Å². The zero-order chi connectivity index (χ0) is 21.4. The van der Waals surface area contributed by atoms with Gasteiger partial charge in [-0.25, -0.2) is 9.97 Å². The average Bonchev–Trinajstić information content (AvgIpc) is 3.46. The van der Waals surface area contributed by atoms with Gasteiger partial charge in [0.1, 0.15) is 17.6 Å². The van der Waals surface area contributed by atoms with Gasteiger partial charge in [0.25, 0.3) is 0 Å². The van der Waals surface area contributed by atoms with E-state index in [0.29, 0.717) is 0 Å². The van der Waals surface area contributed by atoms with E-state index >= 15 is 0 Å². The lowest BCUT2D eigenvalue weighted by Gasteiger charge is -2.36. The Morgan fingerprint density at radius 3 is 2.72 bits per heavy atom. The van der Waals surface area contributed by atoms with Crippen LogP contribution in [0.25, 0.3) is 0 Å². The Labute approximate surface area is 199 Å². The molecule has 1 saturated heterocycles. The quantitative estimate of drug-likeness (QED) is 0.517. The topological polar surface area (TPSA) is 67.2 Å². The standard InChI is InChI=1S/C23H26N6OS.H2S/c1-27-20-13-24-21(26-22(20)29-11-3-4-19(29)23(27)30)10-7-17-12-25-28(15-17)14-16-5-8-18(31-2)9-6-16;/h5-6,8-9,12-13,15,19H,3-4,7,10-11,14H2,1-2H3;1H2/t19-;/m0./s1. The van der Waals surface area contributed by atoms with Gasteiger partial charge in [0.2, 0.25) is 5.91 Å². The van der Waals surface area contributed by atoms with Crippen LogP contribution >= 0.6 is 25.3 Å². The molecule has 2 aliphatic rings. The number of hydrogen-bond acceptors (Lipinski definition) is 6. The summed E-state index contributed by atoms with van der Waals surface area (Å²) in [5.74, 6) is 1.86. The van der Waals surface area contributed by atoms with Gasteiger partial charge in [-0.15, -0.1) is 11.8 Å². The minimum atomic E-state index is -0.0662. The number of carbonyl (C=O) groups excluding carboxylic acids is 1. The number of benzene rings is 1. The van der Waals surface area contributed by atoms with E-state index in [4.69, 9.17) is 4.98 Å². The van der Waals surface area contributed by atoms with Crippen molar-refractivity contribution in [3.8, 4) is 0 Å². The second-order valence-electron chi connectivity index (χ2n) is 8.14. The first-order valence-electron chi connectivity index (χ1n) is 10.7. The molecule has 0 radical (unpaired) electrons. The molecule has 3 aromatic rings. The molecule has 2 aromatic heterocycles. The van der Waals surface area contributed by atoms with E-state index in [-0.39, 0.29) is 25.4 Å². The summed E-state index contributed by atoms with van der Waals surface area (Å²) < 4.78 is 1.98. The number of likely N-dealkylation sites (N-methyl/N-ethyl adjacent to an activating group) is 1. The SMILES string of the molecule is CSc1ccc(Cn2cc(CCc3ncc4c(n3)N3CCC[C@H]3C(=O)N4C)cn2)cc1.S. The molecule has 0 saturated carbocycles. The van der Waals surface area contributed by atoms with Crippen molar-refractivity contribution in [2.45, 2.75) is 43.2 Å². The number of anilines is 2. The summed E-state index contributed by atoms with van der Waals surface area (Å²) in [5, 5.41) is 4.52. The highest BCUT2D eigenvalue weighted by Gasteiger charge is 2.40. The van der Waals surface area contributed by atoms with Gasteiger partial charge < -0.3 is 9.80 Å². The fourth-order valence-corrected chi connectivity index (χ4v) is 4.79. The molecule has 7 nitrogen and oxygen atoms in total. The monoisotopic (exact) mass is 468 g/mol. The maximum Gasteiger partial charge on any atom is 0.249 e. The van der Waals surface area contributed by atoms with E-state index in [0.717, 1.165) is 56.1 Å². The Balaban J connectivity index is 0.00000245. The van der Waals surface area contributed by atoms with E-state index in [9.17, 15) is 4.79 Å². The van der Waals surface area contributed by atoms with E-state index < -0.39 is 0 Å². The number of hydrogen-bond donors (Lipinski definition) is 0. The molecule has 32 heavy (non-hydrogen) atoms. The van der Waals surface area contributed by atoms with Crippen LogP contribution in [0.3, 0.4) is 0 Å². The maximum atomic E-state index is 12.5. The van der Waals surface area contributed by atoms with Gasteiger partial charge in [-0.1, -0.05) is 12.1 Å². The van der Waals surface area contributed by atoms with Crippen molar-refractivity contribution in [1.82, 2.24) is 19.7 Å². The Morgan fingerprint density at radius 2 is 1.94 bits per heavy atom. The van der Waals surface area contributed by atoms with Crippen LogP contribution < -0.4 is 9.80 Å². The summed E-state index contributed by atoms with van der Waals surface area (Å²) in [6.45, 7) is 1.65. The van der Waals surface area contributed by atoms with Gasteiger partial charge in [-0.05, 0) is 48.8 Å². The number of fused-ring (bicyclic) bond motifs is 3. The van der Waals surface area contributed by atoms with Gasteiger partial charge in [0.05, 0.1) is 18.9 Å². The molecule has 1 atom stereocenters. The number of aryl methyl sites for hydroxylation is 2. The van der Waals surface area contributed by atoms with Crippen LogP contribution in [0.2, 0.25) is 0 Å². The summed E-state index contributed by atoms with van der Waals surface area (Å²) in [7, 11) is 1.82. The number of carbonyl (C=O) groups is 1. The molecule has 1 amide bonds. The Kier molecular flexibility index (Phi) is 6.76. The molecule has 2 aliphatic heterocycles. The van der Waals surface area contributed by atoms with E-state index in [1.54, 1.807) is 22.9 Å². The minimum Gasteiger partial charge on any atom is -0.343 e. The first-order chi connectivity index (χ1) is 15.1. The molecule has 168 valence electrons. The van der Waals surface area contributed by atoms with Gasteiger partial charge >= 0.3 is 0 Å². The highest BCUT2D eigenvalue weighted by molar-refractivity contribution is 7.98. The van der Waals surface area contributed by atoms with Crippen LogP contribution in [0, 0.1) is 0 Å². The molecule has 1 fully saturated rings. The molecular formula is C23H28N6OS2. The number of amides is 1. The highest BCUT2D eigenvalue weighted by Crippen LogP contribution is 2.37. The van der Waals surface area contributed by atoms with Crippen LogP contribution in [0.1, 0.15) is 29.8 Å². The smallest absolute Gasteiger partial charge is 0.249 e. The molecule has 0 unspecified atom stereocenters. The maximum absolute atomic E-state index is 12.5. The van der Waals surface area contributed by atoms with Gasteiger partial charge in [-0.2, -0.15) is 18.6 Å². The van der Waals surface area contributed by atoms with E-state index in [1.807, 2.05) is 17.9 Å². The second-order valence-corrected chi connectivity index (χ2v) is 9.02. The third kappa shape index (κ3) is 4.36. The number of rotatable bonds is 6. The zero-order valence-electron chi connectivity index (χ0n) is 18.4. The zero-order valence-corrected chi connectivity index (χ0v) is 20.2. The Morgan fingerprint density at radius 1 is 1.12 bits per heavy atom. The summed E-state index contributed by atoms with van der Waals surface area (Å²) in [5.41, 5.74) is 3.23. The molecule has 0 bridgehead atoms. The van der Waals surface area contributed by atoms with Crippen LogP contribution in [0.5, 0.6) is 0 Å². The van der Waals surface area contributed by atoms with Crippen LogP contribution in [0.15, 0.2) is 47.8 Å². The lowest BCUT2D eigenvalue weighted by atomic mass is 10.1. The van der Waals surface area contributed by atoms with Crippen LogP contribution in [-0.2, 0) is 24.2 Å². The summed E-state index contributed by atoms with van der Waals surface area (Å²) in [6, 6.07) is 8.54. The van der Waals surface area contributed by atoms with Crippen LogP contribution in [0.4, 0.5) is 11.5 Å². The number of nitrogens with zero attached hydrogens (tertiary/aromatic N) is 6. The third-order valence-corrected chi connectivity index (χ3v) is 6.87. The predicted octanol–water partition coefficient (Wildman–Crippen LogP) is 3.29. The predicted molar refractivity (Wildman–Crippen MR) is 133 cm³/mol. The molecule has 0 spiro atoms. The van der Waals surface area contributed by atoms with Crippen molar-refractivity contribution in [3.05, 3.63) is 59.8 Å². The molecule has 1 aromatic carbocycles. The van der Waals surface area contributed by atoms with Crippen molar-refractivity contribution in [1.29, 1.82) is 0 Å². The molecule has 4 heterocycles. The molecule has 5 rings (SSSR count). The second kappa shape index (κ2) is 9.54. The number of thioether (sulfide) groups is 1. The highest BCUT2D eigenvalue weighted by atomic mass is 32.2. The van der Waals surface area contributed by atoms with E-state index in [2.05, 4.69) is 51.7 Å². The first kappa shape index (κ1) is 22.7. The Bertz CT molecular complexity index is 1100. The fourth-order valence-electron chi connectivity index (χ4n) is 4.39. The van der Waals surface area contributed by atoms with Crippen molar-refractivity contribution in [3.63, 3.8) is 0 Å². The van der Waals surface area contributed by atoms with Crippen molar-refractivity contribution in [2.75, 3.05) is 29.6 Å². The first-order valence-corrected chi connectivity index (χ1v) is 11.9. The third-order valence-electron chi connectivity index (χ3n) is 6.13. The normalized spacial score (nSPS) is 17.2. The van der Waals surface area contributed by atoms with Gasteiger partial charge in [0.15, 0.2) is 5.82 Å². The molecular weight excluding hydrogens is 440 g/mol. The van der Waals surface area contributed by atoms with Crippen molar-refractivity contribution in [2.24, 2.45) is 0 Å². The lowest BCUT2D eigenvalue weighted by molar-refractivity contribution is -0.119. The summed E-state index contributed by atoms with van der Waals surface area (Å²) in [6.07, 6.45) is 11.4. The van der Waals surface area contributed by atoms with Gasteiger partial charge in [0, 0.05) is 31.1 Å². The fraction of sp³-hybridized carbons (Fsp3) is 0.391. The molecule has 0 N–H and O–H groups in total. The van der Waals surface area contributed by atoms with Crippen molar-refractivity contribution < 1.29 is 4.79 Å². The van der Waals surface area contributed by atoms with Gasteiger partial charge in [-0.3, -0.25) is 9.48 Å². The largest absolute Gasteiger partial charge is 0.343 e.